The minimum Gasteiger partial charge on any atom is -0.329 e. The van der Waals surface area contributed by atoms with Crippen molar-refractivity contribution in [3.63, 3.8) is 0 Å². The standard InChI is InChI=1S/C16H25FN2/c1-11-6-12(2)10-19(9-11)16(8-18)14-5-4-13(3)15(17)7-14/h4-5,7,11-12,16H,6,8-10,18H2,1-3H3. The van der Waals surface area contributed by atoms with Crippen LogP contribution in [0, 0.1) is 24.6 Å². The predicted molar refractivity (Wildman–Crippen MR) is 77.5 cm³/mol. The molecule has 1 fully saturated rings. The lowest BCUT2D eigenvalue weighted by Gasteiger charge is -2.40. The van der Waals surface area contributed by atoms with E-state index >= 15 is 0 Å². The van der Waals surface area contributed by atoms with Gasteiger partial charge in [-0.3, -0.25) is 4.90 Å². The Morgan fingerprint density at radius 2 is 1.95 bits per heavy atom. The van der Waals surface area contributed by atoms with Crippen molar-refractivity contribution in [1.82, 2.24) is 4.90 Å². The van der Waals surface area contributed by atoms with Crippen LogP contribution in [0.15, 0.2) is 18.2 Å². The van der Waals surface area contributed by atoms with Crippen LogP contribution in [0.5, 0.6) is 0 Å². The van der Waals surface area contributed by atoms with Crippen LogP contribution in [0.2, 0.25) is 0 Å². The molecule has 2 nitrogen and oxygen atoms in total. The molecule has 1 saturated heterocycles. The summed E-state index contributed by atoms with van der Waals surface area (Å²) in [5, 5.41) is 0. The summed E-state index contributed by atoms with van der Waals surface area (Å²) in [5.41, 5.74) is 7.65. The van der Waals surface area contributed by atoms with Gasteiger partial charge < -0.3 is 5.73 Å². The van der Waals surface area contributed by atoms with Gasteiger partial charge in [-0.05, 0) is 42.4 Å². The highest BCUT2D eigenvalue weighted by Crippen LogP contribution is 2.29. The van der Waals surface area contributed by atoms with Crippen LogP contribution in [-0.4, -0.2) is 24.5 Å². The average molecular weight is 264 g/mol. The summed E-state index contributed by atoms with van der Waals surface area (Å²) < 4.78 is 13.7. The number of hydrogen-bond donors (Lipinski definition) is 1. The predicted octanol–water partition coefficient (Wildman–Crippen LogP) is 3.11. The van der Waals surface area contributed by atoms with E-state index in [1.807, 2.05) is 12.1 Å². The van der Waals surface area contributed by atoms with Crippen LogP contribution in [-0.2, 0) is 0 Å². The second-order valence-corrected chi connectivity index (χ2v) is 6.16. The van der Waals surface area contributed by atoms with E-state index < -0.39 is 0 Å². The van der Waals surface area contributed by atoms with Gasteiger partial charge in [-0.15, -0.1) is 0 Å². The molecule has 1 aromatic carbocycles. The SMILES string of the molecule is Cc1ccc(C(CN)N2CC(C)CC(C)C2)cc1F. The minimum atomic E-state index is -0.131. The van der Waals surface area contributed by atoms with Gasteiger partial charge in [0.15, 0.2) is 0 Å². The quantitative estimate of drug-likeness (QED) is 0.909. The molecule has 0 saturated carbocycles. The number of piperidine rings is 1. The Morgan fingerprint density at radius 1 is 1.32 bits per heavy atom. The van der Waals surface area contributed by atoms with E-state index in [1.54, 1.807) is 13.0 Å². The normalized spacial score (nSPS) is 26.4. The van der Waals surface area contributed by atoms with E-state index in [2.05, 4.69) is 18.7 Å². The zero-order valence-electron chi connectivity index (χ0n) is 12.2. The Kier molecular flexibility index (Phi) is 4.58. The summed E-state index contributed by atoms with van der Waals surface area (Å²) in [4.78, 5) is 2.42. The first-order valence-electron chi connectivity index (χ1n) is 7.21. The molecule has 3 heteroatoms. The fourth-order valence-corrected chi connectivity index (χ4v) is 3.28. The monoisotopic (exact) mass is 264 g/mol. The molecule has 0 aromatic heterocycles. The van der Waals surface area contributed by atoms with Crippen molar-refractivity contribution in [2.24, 2.45) is 17.6 Å². The fourth-order valence-electron chi connectivity index (χ4n) is 3.28. The topological polar surface area (TPSA) is 29.3 Å². The highest BCUT2D eigenvalue weighted by Gasteiger charge is 2.27. The highest BCUT2D eigenvalue weighted by atomic mass is 19.1. The number of halogens is 1. The van der Waals surface area contributed by atoms with Crippen LogP contribution in [0.1, 0.15) is 37.4 Å². The zero-order chi connectivity index (χ0) is 14.0. The van der Waals surface area contributed by atoms with Gasteiger partial charge in [0.05, 0.1) is 0 Å². The van der Waals surface area contributed by atoms with E-state index in [1.165, 1.54) is 6.42 Å². The van der Waals surface area contributed by atoms with Crippen molar-refractivity contribution in [3.05, 3.63) is 35.1 Å². The van der Waals surface area contributed by atoms with Crippen molar-refractivity contribution < 1.29 is 4.39 Å². The maximum atomic E-state index is 13.7. The Labute approximate surface area is 115 Å². The van der Waals surface area contributed by atoms with Crippen molar-refractivity contribution in [2.75, 3.05) is 19.6 Å². The minimum absolute atomic E-state index is 0.131. The van der Waals surface area contributed by atoms with Gasteiger partial charge >= 0.3 is 0 Å². The third kappa shape index (κ3) is 3.34. The van der Waals surface area contributed by atoms with Crippen molar-refractivity contribution in [2.45, 2.75) is 33.2 Å². The van der Waals surface area contributed by atoms with Gasteiger partial charge in [0, 0.05) is 25.7 Å². The molecular weight excluding hydrogens is 239 g/mol. The highest BCUT2D eigenvalue weighted by molar-refractivity contribution is 5.26. The Hall–Kier alpha value is -0.930. The molecule has 0 aliphatic carbocycles. The van der Waals surface area contributed by atoms with E-state index in [4.69, 9.17) is 5.73 Å². The van der Waals surface area contributed by atoms with Crippen LogP contribution >= 0.6 is 0 Å². The molecule has 0 spiro atoms. The average Bonchev–Trinajstić information content (AvgIpc) is 2.33. The van der Waals surface area contributed by atoms with Gasteiger partial charge in [0.1, 0.15) is 5.82 Å². The summed E-state index contributed by atoms with van der Waals surface area (Å²) in [6, 6.07) is 5.65. The first-order chi connectivity index (χ1) is 9.01. The molecule has 3 atom stereocenters. The molecule has 106 valence electrons. The van der Waals surface area contributed by atoms with Crippen LogP contribution < -0.4 is 5.73 Å². The number of likely N-dealkylation sites (tertiary alicyclic amines) is 1. The smallest absolute Gasteiger partial charge is 0.126 e. The molecule has 2 N–H and O–H groups in total. The number of benzene rings is 1. The van der Waals surface area contributed by atoms with E-state index in [-0.39, 0.29) is 11.9 Å². The molecule has 3 unspecified atom stereocenters. The van der Waals surface area contributed by atoms with Gasteiger partial charge in [0.2, 0.25) is 0 Å². The maximum absolute atomic E-state index is 13.7. The Bertz CT molecular complexity index is 423. The molecule has 2 rings (SSSR count). The fraction of sp³-hybridized carbons (Fsp3) is 0.625. The number of nitrogens with two attached hydrogens (primary N) is 1. The molecule has 1 heterocycles. The maximum Gasteiger partial charge on any atom is 0.126 e. The third-order valence-electron chi connectivity index (χ3n) is 4.14. The zero-order valence-corrected chi connectivity index (χ0v) is 12.2. The van der Waals surface area contributed by atoms with Gasteiger partial charge in [-0.1, -0.05) is 26.0 Å². The molecule has 0 bridgehead atoms. The van der Waals surface area contributed by atoms with Crippen molar-refractivity contribution >= 4 is 0 Å². The summed E-state index contributed by atoms with van der Waals surface area (Å²) in [6.45, 7) is 9.02. The van der Waals surface area contributed by atoms with Crippen molar-refractivity contribution in [1.29, 1.82) is 0 Å². The summed E-state index contributed by atoms with van der Waals surface area (Å²) in [5.74, 6) is 1.25. The molecule has 1 aliphatic rings. The lowest BCUT2D eigenvalue weighted by molar-refractivity contribution is 0.0982. The van der Waals surface area contributed by atoms with Crippen LogP contribution in [0.4, 0.5) is 4.39 Å². The summed E-state index contributed by atoms with van der Waals surface area (Å²) in [7, 11) is 0. The molecule has 0 radical (unpaired) electrons. The number of nitrogens with zero attached hydrogens (tertiary/aromatic N) is 1. The van der Waals surface area contributed by atoms with E-state index in [0.717, 1.165) is 18.7 Å². The molecule has 0 amide bonds. The Morgan fingerprint density at radius 3 is 2.47 bits per heavy atom. The van der Waals surface area contributed by atoms with Gasteiger partial charge in [0.25, 0.3) is 0 Å². The second kappa shape index (κ2) is 6.02. The number of rotatable bonds is 3. The summed E-state index contributed by atoms with van der Waals surface area (Å²) in [6.07, 6.45) is 1.27. The first kappa shape index (κ1) is 14.5. The Balaban J connectivity index is 2.21. The van der Waals surface area contributed by atoms with Crippen LogP contribution in [0.3, 0.4) is 0 Å². The molecular formula is C16H25FN2. The lowest BCUT2D eigenvalue weighted by Crippen LogP contribution is -2.43. The second-order valence-electron chi connectivity index (χ2n) is 6.16. The molecule has 19 heavy (non-hydrogen) atoms. The largest absolute Gasteiger partial charge is 0.329 e. The van der Waals surface area contributed by atoms with E-state index in [0.29, 0.717) is 23.9 Å². The molecule has 1 aromatic rings. The molecule has 1 aliphatic heterocycles. The summed E-state index contributed by atoms with van der Waals surface area (Å²) >= 11 is 0. The van der Waals surface area contributed by atoms with Crippen LogP contribution in [0.25, 0.3) is 0 Å². The van der Waals surface area contributed by atoms with Crippen molar-refractivity contribution in [3.8, 4) is 0 Å². The van der Waals surface area contributed by atoms with E-state index in [9.17, 15) is 4.39 Å². The number of aryl methyl sites for hydroxylation is 1. The lowest BCUT2D eigenvalue weighted by atomic mass is 9.89. The van der Waals surface area contributed by atoms with Gasteiger partial charge in [-0.25, -0.2) is 4.39 Å². The number of hydrogen-bond acceptors (Lipinski definition) is 2. The first-order valence-corrected chi connectivity index (χ1v) is 7.21. The third-order valence-corrected chi connectivity index (χ3v) is 4.14. The van der Waals surface area contributed by atoms with Gasteiger partial charge in [-0.2, -0.15) is 0 Å².